The van der Waals surface area contributed by atoms with Crippen LogP contribution in [0.2, 0.25) is 0 Å². The van der Waals surface area contributed by atoms with E-state index in [1.165, 1.54) is 30.6 Å². The first kappa shape index (κ1) is 13.8. The summed E-state index contributed by atoms with van der Waals surface area (Å²) in [6.45, 7) is 2.28. The topological polar surface area (TPSA) is 69.6 Å². The van der Waals surface area contributed by atoms with Crippen LogP contribution in [0, 0.1) is 5.92 Å². The first-order chi connectivity index (χ1) is 8.00. The molecular weight excluding hydrogens is 220 g/mol. The molecule has 17 heavy (non-hydrogen) atoms. The van der Waals surface area contributed by atoms with E-state index in [4.69, 9.17) is 5.11 Å². The fraction of sp³-hybridized carbons (Fsp3) is 0.833. The molecule has 1 aliphatic carbocycles. The average Bonchev–Trinajstić information content (AvgIpc) is 2.78. The molecular formula is C12H22N2O3. The second-order valence-corrected chi connectivity index (χ2v) is 4.85. The highest BCUT2D eigenvalue weighted by Crippen LogP contribution is 2.27. The predicted molar refractivity (Wildman–Crippen MR) is 64.8 cm³/mol. The fourth-order valence-electron chi connectivity index (χ4n) is 2.25. The maximum Gasteiger partial charge on any atom is 0.317 e. The highest BCUT2D eigenvalue weighted by atomic mass is 16.4. The first-order valence-corrected chi connectivity index (χ1v) is 6.24. The van der Waals surface area contributed by atoms with Gasteiger partial charge in [-0.25, -0.2) is 4.79 Å². The van der Waals surface area contributed by atoms with Gasteiger partial charge in [-0.15, -0.1) is 0 Å². The molecule has 1 aliphatic rings. The van der Waals surface area contributed by atoms with Crippen molar-refractivity contribution in [2.24, 2.45) is 5.92 Å². The summed E-state index contributed by atoms with van der Waals surface area (Å²) in [5.41, 5.74) is 0. The van der Waals surface area contributed by atoms with E-state index in [2.05, 4.69) is 5.32 Å². The van der Waals surface area contributed by atoms with Crippen molar-refractivity contribution in [2.75, 3.05) is 13.6 Å². The molecule has 2 N–H and O–H groups in total. The monoisotopic (exact) mass is 242 g/mol. The predicted octanol–water partition coefficient (Wildman–Crippen LogP) is 1.68. The Hall–Kier alpha value is -1.26. The molecule has 0 heterocycles. The minimum atomic E-state index is -0.881. The van der Waals surface area contributed by atoms with Crippen LogP contribution in [-0.2, 0) is 4.79 Å². The van der Waals surface area contributed by atoms with Crippen LogP contribution in [0.15, 0.2) is 0 Å². The number of amides is 2. The van der Waals surface area contributed by atoms with E-state index in [-0.39, 0.29) is 25.0 Å². The summed E-state index contributed by atoms with van der Waals surface area (Å²) in [6, 6.07) is 0.00271. The zero-order valence-electron chi connectivity index (χ0n) is 10.6. The van der Waals surface area contributed by atoms with Gasteiger partial charge in [0.2, 0.25) is 0 Å². The summed E-state index contributed by atoms with van der Waals surface area (Å²) < 4.78 is 0. The molecule has 0 aromatic carbocycles. The van der Waals surface area contributed by atoms with Crippen molar-refractivity contribution in [1.82, 2.24) is 10.2 Å². The van der Waals surface area contributed by atoms with Crippen molar-refractivity contribution in [3.8, 4) is 0 Å². The summed E-state index contributed by atoms with van der Waals surface area (Å²) in [5, 5.41) is 11.5. The molecule has 2 amide bonds. The first-order valence-electron chi connectivity index (χ1n) is 6.24. The standard InChI is InChI=1S/C12H22N2O3/c1-9(10-5-3-4-6-10)13-12(17)14(2)8-7-11(15)16/h9-10H,3-8H2,1-2H3,(H,13,17)(H,15,16)/t9-/m0/s1. The van der Waals surface area contributed by atoms with Crippen molar-refractivity contribution >= 4 is 12.0 Å². The normalized spacial score (nSPS) is 17.8. The molecule has 1 fully saturated rings. The average molecular weight is 242 g/mol. The van der Waals surface area contributed by atoms with Gasteiger partial charge in [0.15, 0.2) is 0 Å². The highest BCUT2D eigenvalue weighted by Gasteiger charge is 2.23. The molecule has 0 saturated heterocycles. The van der Waals surface area contributed by atoms with Gasteiger partial charge in [-0.1, -0.05) is 12.8 Å². The Balaban J connectivity index is 2.29. The van der Waals surface area contributed by atoms with Gasteiger partial charge < -0.3 is 15.3 Å². The number of rotatable bonds is 5. The van der Waals surface area contributed by atoms with Crippen molar-refractivity contribution in [1.29, 1.82) is 0 Å². The minimum absolute atomic E-state index is 0.0122. The number of carbonyl (C=O) groups is 2. The summed E-state index contributed by atoms with van der Waals surface area (Å²) in [7, 11) is 1.62. The third-order valence-corrected chi connectivity index (χ3v) is 3.47. The Labute approximate surface area is 102 Å². The number of carboxylic acid groups (broad SMARTS) is 1. The molecule has 1 atom stereocenters. The third-order valence-electron chi connectivity index (χ3n) is 3.47. The summed E-state index contributed by atoms with van der Waals surface area (Å²) in [5.74, 6) is -0.305. The van der Waals surface area contributed by atoms with Gasteiger partial charge in [0.05, 0.1) is 6.42 Å². The van der Waals surface area contributed by atoms with E-state index in [1.54, 1.807) is 7.05 Å². The maximum atomic E-state index is 11.7. The van der Waals surface area contributed by atoms with Crippen molar-refractivity contribution in [2.45, 2.75) is 45.1 Å². The SMILES string of the molecule is C[C@H](NC(=O)N(C)CCC(=O)O)C1CCCC1. The third kappa shape index (κ3) is 4.63. The van der Waals surface area contributed by atoms with Crippen LogP contribution in [-0.4, -0.2) is 41.6 Å². The number of nitrogens with one attached hydrogen (secondary N) is 1. The second kappa shape index (κ2) is 6.47. The van der Waals surface area contributed by atoms with Crippen LogP contribution < -0.4 is 5.32 Å². The molecule has 98 valence electrons. The zero-order chi connectivity index (χ0) is 12.8. The van der Waals surface area contributed by atoms with Gasteiger partial charge in [-0.05, 0) is 25.7 Å². The fourth-order valence-corrected chi connectivity index (χ4v) is 2.25. The zero-order valence-corrected chi connectivity index (χ0v) is 10.6. The Bertz CT molecular complexity index is 275. The lowest BCUT2D eigenvalue weighted by Crippen LogP contribution is -2.45. The van der Waals surface area contributed by atoms with Gasteiger partial charge in [0, 0.05) is 19.6 Å². The molecule has 0 aromatic heterocycles. The summed E-state index contributed by atoms with van der Waals surface area (Å²) >= 11 is 0. The molecule has 0 bridgehead atoms. The van der Waals surface area contributed by atoms with E-state index in [0.29, 0.717) is 5.92 Å². The number of carbonyl (C=O) groups excluding carboxylic acids is 1. The smallest absolute Gasteiger partial charge is 0.317 e. The van der Waals surface area contributed by atoms with E-state index < -0.39 is 5.97 Å². The largest absolute Gasteiger partial charge is 0.481 e. The van der Waals surface area contributed by atoms with Crippen LogP contribution in [0.3, 0.4) is 0 Å². The second-order valence-electron chi connectivity index (χ2n) is 4.85. The van der Waals surface area contributed by atoms with Crippen LogP contribution in [0.1, 0.15) is 39.0 Å². The quantitative estimate of drug-likeness (QED) is 0.770. The van der Waals surface area contributed by atoms with Crippen molar-refractivity contribution < 1.29 is 14.7 Å². The molecule has 1 saturated carbocycles. The lowest BCUT2D eigenvalue weighted by molar-refractivity contribution is -0.137. The molecule has 0 unspecified atom stereocenters. The molecule has 1 rings (SSSR count). The Morgan fingerprint density at radius 2 is 2.00 bits per heavy atom. The number of urea groups is 1. The van der Waals surface area contributed by atoms with Crippen molar-refractivity contribution in [3.63, 3.8) is 0 Å². The highest BCUT2D eigenvalue weighted by molar-refractivity contribution is 5.75. The molecule has 5 nitrogen and oxygen atoms in total. The van der Waals surface area contributed by atoms with Crippen LogP contribution >= 0.6 is 0 Å². The summed E-state index contributed by atoms with van der Waals surface area (Å²) in [6.07, 6.45) is 4.85. The molecule has 0 radical (unpaired) electrons. The van der Waals surface area contributed by atoms with E-state index in [9.17, 15) is 9.59 Å². The number of hydrogen-bond acceptors (Lipinski definition) is 2. The van der Waals surface area contributed by atoms with E-state index >= 15 is 0 Å². The van der Waals surface area contributed by atoms with Crippen LogP contribution in [0.5, 0.6) is 0 Å². The number of aliphatic carboxylic acids is 1. The maximum absolute atomic E-state index is 11.7. The van der Waals surface area contributed by atoms with Gasteiger partial charge in [0.1, 0.15) is 0 Å². The number of carboxylic acids is 1. The lowest BCUT2D eigenvalue weighted by atomic mass is 10.0. The van der Waals surface area contributed by atoms with Crippen LogP contribution in [0.4, 0.5) is 4.79 Å². The van der Waals surface area contributed by atoms with Gasteiger partial charge in [0.25, 0.3) is 0 Å². The van der Waals surface area contributed by atoms with E-state index in [1.807, 2.05) is 6.92 Å². The Kier molecular flexibility index (Phi) is 5.25. The lowest BCUT2D eigenvalue weighted by Gasteiger charge is -2.24. The molecule has 0 aromatic rings. The minimum Gasteiger partial charge on any atom is -0.481 e. The Morgan fingerprint density at radius 3 is 2.53 bits per heavy atom. The number of nitrogens with zero attached hydrogens (tertiary/aromatic N) is 1. The number of hydrogen-bond donors (Lipinski definition) is 2. The van der Waals surface area contributed by atoms with Crippen molar-refractivity contribution in [3.05, 3.63) is 0 Å². The van der Waals surface area contributed by atoms with Gasteiger partial charge in [-0.3, -0.25) is 4.79 Å². The Morgan fingerprint density at radius 1 is 1.41 bits per heavy atom. The van der Waals surface area contributed by atoms with Gasteiger partial charge >= 0.3 is 12.0 Å². The molecule has 5 heteroatoms. The summed E-state index contributed by atoms with van der Waals surface area (Å²) in [4.78, 5) is 23.6. The molecule has 0 aliphatic heterocycles. The van der Waals surface area contributed by atoms with E-state index in [0.717, 1.165) is 0 Å². The van der Waals surface area contributed by atoms with Gasteiger partial charge in [-0.2, -0.15) is 0 Å². The molecule has 0 spiro atoms. The van der Waals surface area contributed by atoms with Crippen LogP contribution in [0.25, 0.3) is 0 Å².